The van der Waals surface area contributed by atoms with Gasteiger partial charge in [-0.2, -0.15) is 0 Å². The number of fused-ring (bicyclic) bond motifs is 2. The molecule has 4 aromatic rings. The maximum Gasteiger partial charge on any atom is 0.258 e. The van der Waals surface area contributed by atoms with Gasteiger partial charge in [0.05, 0.1) is 34.1 Å². The number of hydrogen-bond donors (Lipinski definition) is 1. The number of hydrogen-bond acceptors (Lipinski definition) is 4. The molecule has 0 aliphatic heterocycles. The highest BCUT2D eigenvalue weighted by atomic mass is 16.1. The number of rotatable bonds is 2. The normalized spacial score (nSPS) is 11.1. The van der Waals surface area contributed by atoms with E-state index in [2.05, 4.69) is 20.3 Å². The molecule has 1 N–H and O–H groups in total. The number of aromatic nitrogens is 4. The summed E-state index contributed by atoms with van der Waals surface area (Å²) in [6.45, 7) is 3.83. The Kier molecular flexibility index (Phi) is 3.23. The molecule has 3 heterocycles. The van der Waals surface area contributed by atoms with Gasteiger partial charge in [0, 0.05) is 11.8 Å². The van der Waals surface area contributed by atoms with Gasteiger partial charge in [0.15, 0.2) is 0 Å². The van der Waals surface area contributed by atoms with E-state index in [1.807, 2.05) is 48.7 Å². The SMILES string of the molecule is Cc1nc2ccc(C(=O)Nc3ncc4ccccn34)cc2nc1C. The standard InChI is InChI=1S/C18H15N5O/c1-11-12(2)21-16-9-13(6-7-15(16)20-11)17(24)22-18-19-10-14-5-3-4-8-23(14)18/h3-10H,1-2H3,(H,19,22,24). The van der Waals surface area contributed by atoms with Crippen LogP contribution in [-0.4, -0.2) is 25.3 Å². The first-order chi connectivity index (χ1) is 11.6. The molecule has 0 radical (unpaired) electrons. The summed E-state index contributed by atoms with van der Waals surface area (Å²) >= 11 is 0. The molecular formula is C18H15N5O. The number of benzene rings is 1. The van der Waals surface area contributed by atoms with Gasteiger partial charge >= 0.3 is 0 Å². The summed E-state index contributed by atoms with van der Waals surface area (Å²) in [4.78, 5) is 25.8. The zero-order valence-electron chi connectivity index (χ0n) is 13.3. The third kappa shape index (κ3) is 2.38. The highest BCUT2D eigenvalue weighted by Gasteiger charge is 2.12. The third-order valence-electron chi connectivity index (χ3n) is 4.00. The number of carbonyl (C=O) groups is 1. The quantitative estimate of drug-likeness (QED) is 0.616. The van der Waals surface area contributed by atoms with Crippen LogP contribution in [0.4, 0.5) is 5.95 Å². The molecule has 118 valence electrons. The minimum absolute atomic E-state index is 0.228. The van der Waals surface area contributed by atoms with Crippen LogP contribution in [0.5, 0.6) is 0 Å². The first-order valence-electron chi connectivity index (χ1n) is 7.60. The van der Waals surface area contributed by atoms with Gasteiger partial charge in [-0.1, -0.05) is 6.07 Å². The lowest BCUT2D eigenvalue weighted by Gasteiger charge is -2.06. The number of nitrogens with one attached hydrogen (secondary N) is 1. The molecule has 0 bridgehead atoms. The van der Waals surface area contributed by atoms with Gasteiger partial charge in [0.1, 0.15) is 0 Å². The molecule has 1 amide bonds. The zero-order chi connectivity index (χ0) is 16.7. The van der Waals surface area contributed by atoms with Gasteiger partial charge in [-0.15, -0.1) is 0 Å². The third-order valence-corrected chi connectivity index (χ3v) is 4.00. The summed E-state index contributed by atoms with van der Waals surface area (Å²) < 4.78 is 1.83. The Labute approximate surface area is 138 Å². The summed E-state index contributed by atoms with van der Waals surface area (Å²) in [7, 11) is 0. The Bertz CT molecular complexity index is 1080. The Morgan fingerprint density at radius 1 is 1.04 bits per heavy atom. The molecule has 0 saturated heterocycles. The molecule has 6 heteroatoms. The first kappa shape index (κ1) is 14.3. The summed E-state index contributed by atoms with van der Waals surface area (Å²) in [5.41, 5.74) is 4.68. The number of imidazole rings is 1. The van der Waals surface area contributed by atoms with Crippen LogP contribution in [0.15, 0.2) is 48.8 Å². The van der Waals surface area contributed by atoms with Crippen LogP contribution in [0.3, 0.4) is 0 Å². The van der Waals surface area contributed by atoms with Crippen molar-refractivity contribution in [3.8, 4) is 0 Å². The summed E-state index contributed by atoms with van der Waals surface area (Å²) in [5.74, 6) is 0.259. The van der Waals surface area contributed by atoms with Crippen molar-refractivity contribution < 1.29 is 4.79 Å². The molecule has 0 unspecified atom stereocenters. The molecule has 3 aromatic heterocycles. The first-order valence-corrected chi connectivity index (χ1v) is 7.60. The lowest BCUT2D eigenvalue weighted by atomic mass is 10.1. The zero-order valence-corrected chi connectivity index (χ0v) is 13.3. The maximum absolute atomic E-state index is 12.5. The minimum Gasteiger partial charge on any atom is -0.292 e. The van der Waals surface area contributed by atoms with E-state index in [9.17, 15) is 4.79 Å². The van der Waals surface area contributed by atoms with Crippen molar-refractivity contribution in [1.82, 2.24) is 19.4 Å². The van der Waals surface area contributed by atoms with Crippen molar-refractivity contribution >= 4 is 28.4 Å². The maximum atomic E-state index is 12.5. The Morgan fingerprint density at radius 3 is 2.67 bits per heavy atom. The van der Waals surface area contributed by atoms with Crippen molar-refractivity contribution in [3.05, 3.63) is 65.7 Å². The fourth-order valence-corrected chi connectivity index (χ4v) is 2.58. The molecule has 6 nitrogen and oxygen atoms in total. The second-order valence-electron chi connectivity index (χ2n) is 5.63. The Morgan fingerprint density at radius 2 is 1.83 bits per heavy atom. The smallest absolute Gasteiger partial charge is 0.258 e. The van der Waals surface area contributed by atoms with Gasteiger partial charge in [-0.05, 0) is 44.2 Å². The molecule has 24 heavy (non-hydrogen) atoms. The molecule has 4 rings (SSSR count). The average molecular weight is 317 g/mol. The van der Waals surface area contributed by atoms with E-state index in [0.717, 1.165) is 22.4 Å². The number of carbonyl (C=O) groups excluding carboxylic acids is 1. The van der Waals surface area contributed by atoms with E-state index in [1.54, 1.807) is 18.3 Å². The summed E-state index contributed by atoms with van der Waals surface area (Å²) in [6, 6.07) is 11.1. The van der Waals surface area contributed by atoms with Crippen LogP contribution >= 0.6 is 0 Å². The number of pyridine rings is 1. The number of aryl methyl sites for hydroxylation is 2. The van der Waals surface area contributed by atoms with Crippen molar-refractivity contribution in [2.75, 3.05) is 5.32 Å². The van der Waals surface area contributed by atoms with E-state index in [4.69, 9.17) is 0 Å². The lowest BCUT2D eigenvalue weighted by Crippen LogP contribution is -2.14. The van der Waals surface area contributed by atoms with Crippen molar-refractivity contribution in [1.29, 1.82) is 0 Å². The minimum atomic E-state index is -0.228. The largest absolute Gasteiger partial charge is 0.292 e. The van der Waals surface area contributed by atoms with Crippen LogP contribution in [0.1, 0.15) is 21.7 Å². The van der Waals surface area contributed by atoms with E-state index < -0.39 is 0 Å². The summed E-state index contributed by atoms with van der Waals surface area (Å²) in [5, 5.41) is 2.84. The predicted octanol–water partition coefficient (Wildman–Crippen LogP) is 3.15. The monoisotopic (exact) mass is 317 g/mol. The molecule has 0 saturated carbocycles. The van der Waals surface area contributed by atoms with Gasteiger partial charge in [0.25, 0.3) is 5.91 Å². The summed E-state index contributed by atoms with van der Waals surface area (Å²) in [6.07, 6.45) is 3.57. The van der Waals surface area contributed by atoms with Crippen LogP contribution in [-0.2, 0) is 0 Å². The lowest BCUT2D eigenvalue weighted by molar-refractivity contribution is 0.102. The van der Waals surface area contributed by atoms with E-state index >= 15 is 0 Å². The van der Waals surface area contributed by atoms with Crippen LogP contribution in [0.25, 0.3) is 16.6 Å². The number of amides is 1. The van der Waals surface area contributed by atoms with Crippen molar-refractivity contribution in [2.45, 2.75) is 13.8 Å². The highest BCUT2D eigenvalue weighted by molar-refractivity contribution is 6.05. The predicted molar refractivity (Wildman–Crippen MR) is 92.2 cm³/mol. The van der Waals surface area contributed by atoms with E-state index in [1.165, 1.54) is 0 Å². The van der Waals surface area contributed by atoms with Crippen molar-refractivity contribution in [2.24, 2.45) is 0 Å². The molecular weight excluding hydrogens is 302 g/mol. The molecule has 0 atom stereocenters. The van der Waals surface area contributed by atoms with Crippen LogP contribution < -0.4 is 5.32 Å². The van der Waals surface area contributed by atoms with Crippen LogP contribution in [0, 0.1) is 13.8 Å². The Hall–Kier alpha value is -3.28. The van der Waals surface area contributed by atoms with Crippen LogP contribution in [0.2, 0.25) is 0 Å². The molecule has 1 aromatic carbocycles. The second kappa shape index (κ2) is 5.42. The fourth-order valence-electron chi connectivity index (χ4n) is 2.58. The Balaban J connectivity index is 1.69. The highest BCUT2D eigenvalue weighted by Crippen LogP contribution is 2.16. The van der Waals surface area contributed by atoms with Gasteiger partial charge in [-0.3, -0.25) is 14.5 Å². The van der Waals surface area contributed by atoms with Gasteiger partial charge in [0.2, 0.25) is 5.95 Å². The molecule has 0 aliphatic carbocycles. The topological polar surface area (TPSA) is 72.2 Å². The van der Waals surface area contributed by atoms with Gasteiger partial charge in [-0.25, -0.2) is 15.0 Å². The fraction of sp³-hybridized carbons (Fsp3) is 0.111. The molecule has 0 aliphatic rings. The molecule has 0 spiro atoms. The van der Waals surface area contributed by atoms with E-state index in [-0.39, 0.29) is 5.91 Å². The van der Waals surface area contributed by atoms with E-state index in [0.29, 0.717) is 17.0 Å². The van der Waals surface area contributed by atoms with Crippen molar-refractivity contribution in [3.63, 3.8) is 0 Å². The number of nitrogens with zero attached hydrogens (tertiary/aromatic N) is 4. The number of anilines is 1. The second-order valence-corrected chi connectivity index (χ2v) is 5.63. The molecule has 0 fully saturated rings. The average Bonchev–Trinajstić information content (AvgIpc) is 2.99. The van der Waals surface area contributed by atoms with Gasteiger partial charge < -0.3 is 0 Å².